The number of aliphatic carboxylic acids is 2. The van der Waals surface area contributed by atoms with Crippen molar-refractivity contribution >= 4 is 17.8 Å². The topological polar surface area (TPSA) is 124 Å². The van der Waals surface area contributed by atoms with Gasteiger partial charge in [-0.1, -0.05) is 68.4 Å². The van der Waals surface area contributed by atoms with Crippen LogP contribution in [0.5, 0.6) is 0 Å². The van der Waals surface area contributed by atoms with Crippen LogP contribution in [0.3, 0.4) is 0 Å². The van der Waals surface area contributed by atoms with Crippen LogP contribution in [-0.4, -0.2) is 45.8 Å². The molecule has 2 atom stereocenters. The van der Waals surface area contributed by atoms with E-state index in [0.717, 1.165) is 16.7 Å². The van der Waals surface area contributed by atoms with Gasteiger partial charge in [-0.2, -0.15) is 0 Å². The minimum atomic E-state index is -1.65. The molecule has 0 aliphatic rings. The van der Waals surface area contributed by atoms with Crippen LogP contribution in [-0.2, 0) is 19.8 Å². The SMILES string of the molecule is CC(C)(c1ccc(-c2ccccc2)cc1)C(CC(CO)C(=O)O)NC(=O)C(=O)O. The molecule has 2 rings (SSSR count). The molecule has 154 valence electrons. The fraction of sp³-hybridized carbons (Fsp3) is 0.318. The van der Waals surface area contributed by atoms with E-state index in [-0.39, 0.29) is 6.42 Å². The third-order valence-corrected chi connectivity index (χ3v) is 5.20. The molecule has 0 radical (unpaired) electrons. The van der Waals surface area contributed by atoms with Gasteiger partial charge in [-0.05, 0) is 23.1 Å². The van der Waals surface area contributed by atoms with E-state index in [9.17, 15) is 24.6 Å². The van der Waals surface area contributed by atoms with Crippen molar-refractivity contribution in [3.05, 3.63) is 60.2 Å². The van der Waals surface area contributed by atoms with Crippen LogP contribution in [0.2, 0.25) is 0 Å². The molecule has 0 bridgehead atoms. The summed E-state index contributed by atoms with van der Waals surface area (Å²) in [6.07, 6.45) is -0.113. The standard InChI is InChI=1S/C22H25NO6/c1-22(2,17-10-8-15(9-11-17)14-6-4-3-5-7-14)18(23-19(25)21(28)29)12-16(13-24)20(26)27/h3-11,16,18,24H,12-13H2,1-2H3,(H,23,25)(H,26,27)(H,28,29). The summed E-state index contributed by atoms with van der Waals surface area (Å²) in [7, 11) is 0. The Bertz CT molecular complexity index is 861. The number of nitrogens with one attached hydrogen (secondary N) is 1. The second-order valence-electron chi connectivity index (χ2n) is 7.45. The van der Waals surface area contributed by atoms with Crippen LogP contribution < -0.4 is 5.32 Å². The van der Waals surface area contributed by atoms with E-state index >= 15 is 0 Å². The largest absolute Gasteiger partial charge is 0.481 e. The van der Waals surface area contributed by atoms with Crippen LogP contribution in [0.15, 0.2) is 54.6 Å². The highest BCUT2D eigenvalue weighted by atomic mass is 16.4. The molecule has 7 heteroatoms. The highest BCUT2D eigenvalue weighted by Gasteiger charge is 2.37. The van der Waals surface area contributed by atoms with E-state index in [1.54, 1.807) is 13.8 Å². The number of rotatable bonds is 8. The van der Waals surface area contributed by atoms with Gasteiger partial charge in [0.15, 0.2) is 0 Å². The van der Waals surface area contributed by atoms with Gasteiger partial charge in [-0.3, -0.25) is 9.59 Å². The first-order chi connectivity index (χ1) is 13.7. The maximum atomic E-state index is 11.8. The number of carbonyl (C=O) groups excluding carboxylic acids is 1. The molecule has 29 heavy (non-hydrogen) atoms. The molecular weight excluding hydrogens is 374 g/mol. The third kappa shape index (κ3) is 5.42. The Morgan fingerprint density at radius 2 is 1.48 bits per heavy atom. The lowest BCUT2D eigenvalue weighted by atomic mass is 9.74. The normalized spacial score (nSPS) is 13.3. The Hall–Kier alpha value is -3.19. The lowest BCUT2D eigenvalue weighted by molar-refractivity contribution is -0.151. The molecule has 2 aromatic rings. The van der Waals surface area contributed by atoms with Crippen molar-refractivity contribution in [1.29, 1.82) is 0 Å². The van der Waals surface area contributed by atoms with Gasteiger partial charge in [0.05, 0.1) is 12.5 Å². The Morgan fingerprint density at radius 3 is 1.97 bits per heavy atom. The van der Waals surface area contributed by atoms with Crippen molar-refractivity contribution in [2.45, 2.75) is 31.7 Å². The van der Waals surface area contributed by atoms with E-state index in [0.29, 0.717) is 0 Å². The van der Waals surface area contributed by atoms with Crippen LogP contribution >= 0.6 is 0 Å². The molecule has 2 aromatic carbocycles. The van der Waals surface area contributed by atoms with Crippen molar-refractivity contribution < 1.29 is 29.7 Å². The molecule has 0 aliphatic heterocycles. The van der Waals surface area contributed by atoms with Crippen molar-refractivity contribution in [2.75, 3.05) is 6.61 Å². The molecule has 0 fully saturated rings. The number of amides is 1. The highest BCUT2D eigenvalue weighted by molar-refractivity contribution is 6.31. The van der Waals surface area contributed by atoms with Gasteiger partial charge >= 0.3 is 17.8 Å². The summed E-state index contributed by atoms with van der Waals surface area (Å²) in [5.41, 5.74) is 2.05. The minimum Gasteiger partial charge on any atom is -0.481 e. The molecular formula is C22H25NO6. The Labute approximate surface area is 169 Å². The number of carboxylic acid groups (broad SMARTS) is 2. The summed E-state index contributed by atoms with van der Waals surface area (Å²) in [4.78, 5) is 34.2. The van der Waals surface area contributed by atoms with Gasteiger partial charge in [0.25, 0.3) is 0 Å². The molecule has 1 amide bonds. The average molecular weight is 399 g/mol. The molecule has 4 N–H and O–H groups in total. The summed E-state index contributed by atoms with van der Waals surface area (Å²) in [6.45, 7) is 2.99. The van der Waals surface area contributed by atoms with Crippen LogP contribution in [0.25, 0.3) is 11.1 Å². The van der Waals surface area contributed by atoms with Crippen molar-refractivity contribution in [1.82, 2.24) is 5.32 Å². The lowest BCUT2D eigenvalue weighted by Gasteiger charge is -2.36. The first-order valence-corrected chi connectivity index (χ1v) is 9.20. The van der Waals surface area contributed by atoms with Gasteiger partial charge < -0.3 is 20.6 Å². The molecule has 0 saturated carbocycles. The van der Waals surface area contributed by atoms with Gasteiger partial charge in [0.2, 0.25) is 0 Å². The molecule has 0 heterocycles. The summed E-state index contributed by atoms with van der Waals surface area (Å²) in [5.74, 6) is -5.21. The quantitative estimate of drug-likeness (QED) is 0.505. The van der Waals surface area contributed by atoms with E-state index in [1.807, 2.05) is 54.6 Å². The second kappa shape index (κ2) is 9.34. The van der Waals surface area contributed by atoms with E-state index in [2.05, 4.69) is 5.32 Å². The van der Waals surface area contributed by atoms with Crippen LogP contribution in [0.1, 0.15) is 25.8 Å². The van der Waals surface area contributed by atoms with E-state index < -0.39 is 41.8 Å². The zero-order valence-corrected chi connectivity index (χ0v) is 16.3. The maximum Gasteiger partial charge on any atom is 0.394 e. The van der Waals surface area contributed by atoms with Crippen LogP contribution in [0, 0.1) is 5.92 Å². The van der Waals surface area contributed by atoms with Crippen LogP contribution in [0.4, 0.5) is 0 Å². The predicted octanol–water partition coefficient (Wildman–Crippen LogP) is 2.28. The average Bonchev–Trinajstić information content (AvgIpc) is 2.71. The third-order valence-electron chi connectivity index (χ3n) is 5.20. The maximum absolute atomic E-state index is 11.8. The number of aliphatic hydroxyl groups is 1. The number of hydrogen-bond donors (Lipinski definition) is 4. The first-order valence-electron chi connectivity index (χ1n) is 9.20. The second-order valence-corrected chi connectivity index (χ2v) is 7.45. The molecule has 0 saturated heterocycles. The molecule has 2 unspecified atom stereocenters. The lowest BCUT2D eigenvalue weighted by Crippen LogP contribution is -2.51. The number of benzene rings is 2. The minimum absolute atomic E-state index is 0.113. The molecule has 0 aliphatic carbocycles. The van der Waals surface area contributed by atoms with Crippen molar-refractivity contribution in [3.63, 3.8) is 0 Å². The van der Waals surface area contributed by atoms with Crippen molar-refractivity contribution in [2.24, 2.45) is 5.92 Å². The Kier molecular flexibility index (Phi) is 7.12. The predicted molar refractivity (Wildman–Crippen MR) is 107 cm³/mol. The summed E-state index contributed by atoms with van der Waals surface area (Å²) < 4.78 is 0. The van der Waals surface area contributed by atoms with Gasteiger partial charge in [-0.15, -0.1) is 0 Å². The van der Waals surface area contributed by atoms with E-state index in [4.69, 9.17) is 5.11 Å². The number of aliphatic hydroxyl groups excluding tert-OH is 1. The van der Waals surface area contributed by atoms with Gasteiger partial charge in [0.1, 0.15) is 0 Å². The number of carbonyl (C=O) groups is 3. The van der Waals surface area contributed by atoms with Gasteiger partial charge in [0, 0.05) is 11.5 Å². The zero-order valence-electron chi connectivity index (χ0n) is 16.3. The first kappa shape index (κ1) is 22.1. The molecule has 0 spiro atoms. The Balaban J connectivity index is 2.35. The Morgan fingerprint density at radius 1 is 0.931 bits per heavy atom. The highest BCUT2D eigenvalue weighted by Crippen LogP contribution is 2.32. The molecule has 7 nitrogen and oxygen atoms in total. The number of hydrogen-bond acceptors (Lipinski definition) is 4. The zero-order chi connectivity index (χ0) is 21.6. The van der Waals surface area contributed by atoms with Crippen molar-refractivity contribution in [3.8, 4) is 11.1 Å². The summed E-state index contributed by atoms with van der Waals surface area (Å²) in [5, 5.41) is 30.0. The number of carboxylic acids is 2. The fourth-order valence-corrected chi connectivity index (χ4v) is 3.22. The summed E-state index contributed by atoms with van der Waals surface area (Å²) >= 11 is 0. The van der Waals surface area contributed by atoms with E-state index in [1.165, 1.54) is 0 Å². The monoisotopic (exact) mass is 399 g/mol. The smallest absolute Gasteiger partial charge is 0.394 e. The molecule has 0 aromatic heterocycles. The fourth-order valence-electron chi connectivity index (χ4n) is 3.22. The van der Waals surface area contributed by atoms with Gasteiger partial charge in [-0.25, -0.2) is 4.79 Å². The summed E-state index contributed by atoms with van der Waals surface area (Å²) in [6, 6.07) is 16.5.